The van der Waals surface area contributed by atoms with E-state index in [-0.39, 0.29) is 0 Å². The number of ether oxygens (including phenoxy) is 2. The Morgan fingerprint density at radius 2 is 2.00 bits per heavy atom. The van der Waals surface area contributed by atoms with Crippen molar-refractivity contribution in [2.24, 2.45) is 10.7 Å². The highest BCUT2D eigenvalue weighted by Crippen LogP contribution is 1.89. The van der Waals surface area contributed by atoms with E-state index in [1.807, 2.05) is 0 Å². The molecule has 4 heteroatoms. The van der Waals surface area contributed by atoms with Crippen LogP contribution < -0.4 is 5.73 Å². The SMILES string of the molecule is CN=C(N)COCCCCOC. The van der Waals surface area contributed by atoms with Gasteiger partial charge in [0.25, 0.3) is 0 Å². The molecule has 0 radical (unpaired) electrons. The molecule has 0 bridgehead atoms. The van der Waals surface area contributed by atoms with Crippen molar-refractivity contribution in [3.05, 3.63) is 0 Å². The monoisotopic (exact) mass is 174 g/mol. The van der Waals surface area contributed by atoms with Gasteiger partial charge in [-0.05, 0) is 12.8 Å². The second kappa shape index (κ2) is 8.49. The van der Waals surface area contributed by atoms with Crippen LogP contribution in [0.1, 0.15) is 12.8 Å². The molecule has 2 N–H and O–H groups in total. The third-order valence-corrected chi connectivity index (χ3v) is 1.42. The Hall–Kier alpha value is -0.610. The molecule has 0 aromatic carbocycles. The highest BCUT2D eigenvalue weighted by Gasteiger charge is 1.91. The molecular weight excluding hydrogens is 156 g/mol. The lowest BCUT2D eigenvalue weighted by molar-refractivity contribution is 0.145. The van der Waals surface area contributed by atoms with E-state index in [4.69, 9.17) is 15.2 Å². The molecule has 12 heavy (non-hydrogen) atoms. The summed E-state index contributed by atoms with van der Waals surface area (Å²) in [6.45, 7) is 1.95. The molecule has 0 fully saturated rings. The van der Waals surface area contributed by atoms with Gasteiger partial charge in [0.15, 0.2) is 0 Å². The highest BCUT2D eigenvalue weighted by molar-refractivity contribution is 5.81. The predicted molar refractivity (Wildman–Crippen MR) is 49.5 cm³/mol. The first kappa shape index (κ1) is 11.4. The van der Waals surface area contributed by atoms with Crippen LogP contribution in [0.3, 0.4) is 0 Å². The second-order valence-electron chi connectivity index (χ2n) is 2.47. The molecule has 0 saturated heterocycles. The summed E-state index contributed by atoms with van der Waals surface area (Å²) in [5, 5.41) is 0. The van der Waals surface area contributed by atoms with E-state index < -0.39 is 0 Å². The molecule has 0 aliphatic heterocycles. The largest absolute Gasteiger partial charge is 0.386 e. The molecule has 72 valence electrons. The van der Waals surface area contributed by atoms with Crippen LogP contribution in [0.5, 0.6) is 0 Å². The minimum atomic E-state index is 0.434. The van der Waals surface area contributed by atoms with Crippen molar-refractivity contribution in [2.75, 3.05) is 34.0 Å². The molecule has 4 nitrogen and oxygen atoms in total. The molecule has 0 heterocycles. The Bertz CT molecular complexity index is 126. The molecule has 0 spiro atoms. The smallest absolute Gasteiger partial charge is 0.120 e. The van der Waals surface area contributed by atoms with Crippen molar-refractivity contribution in [1.82, 2.24) is 0 Å². The first-order valence-electron chi connectivity index (χ1n) is 4.09. The zero-order valence-corrected chi connectivity index (χ0v) is 7.88. The van der Waals surface area contributed by atoms with Crippen LogP contribution in [-0.4, -0.2) is 39.8 Å². The zero-order valence-electron chi connectivity index (χ0n) is 7.88. The lowest BCUT2D eigenvalue weighted by atomic mass is 10.3. The van der Waals surface area contributed by atoms with E-state index in [2.05, 4.69) is 4.99 Å². The molecule has 0 rings (SSSR count). The summed E-state index contributed by atoms with van der Waals surface area (Å²) in [6.07, 6.45) is 2.03. The first-order valence-corrected chi connectivity index (χ1v) is 4.09. The van der Waals surface area contributed by atoms with Crippen LogP contribution in [-0.2, 0) is 9.47 Å². The number of unbranched alkanes of at least 4 members (excludes halogenated alkanes) is 1. The topological polar surface area (TPSA) is 56.8 Å². The number of hydrogen-bond acceptors (Lipinski definition) is 3. The number of nitrogens with zero attached hydrogens (tertiary/aromatic N) is 1. The lowest BCUT2D eigenvalue weighted by Gasteiger charge is -2.02. The Balaban J connectivity index is 3.00. The summed E-state index contributed by atoms with van der Waals surface area (Å²) in [7, 11) is 3.35. The minimum Gasteiger partial charge on any atom is -0.386 e. The molecule has 0 aromatic heterocycles. The minimum absolute atomic E-state index is 0.434. The standard InChI is InChI=1S/C8H18N2O2/c1-10-8(9)7-12-6-4-3-5-11-2/h3-7H2,1-2H3,(H2,9,10). The molecule has 0 unspecified atom stereocenters. The van der Waals surface area contributed by atoms with Gasteiger partial charge in [0, 0.05) is 27.4 Å². The summed E-state index contributed by atoms with van der Waals surface area (Å²) in [4.78, 5) is 3.77. The molecule has 0 atom stereocenters. The average molecular weight is 174 g/mol. The summed E-state index contributed by atoms with van der Waals surface area (Å²) < 4.78 is 10.1. The summed E-state index contributed by atoms with van der Waals surface area (Å²) in [5.41, 5.74) is 5.41. The van der Waals surface area contributed by atoms with Crippen molar-refractivity contribution >= 4 is 5.84 Å². The third kappa shape index (κ3) is 7.50. The molecule has 0 amide bonds. The van der Waals surface area contributed by atoms with Crippen molar-refractivity contribution in [3.63, 3.8) is 0 Å². The normalized spacial score (nSPS) is 12.0. The maximum atomic E-state index is 5.41. The Morgan fingerprint density at radius 3 is 2.58 bits per heavy atom. The second-order valence-corrected chi connectivity index (χ2v) is 2.47. The first-order chi connectivity index (χ1) is 5.81. The van der Waals surface area contributed by atoms with Gasteiger partial charge in [0.05, 0.1) is 0 Å². The predicted octanol–water partition coefficient (Wildman–Crippen LogP) is 0.417. The fraction of sp³-hybridized carbons (Fsp3) is 0.875. The van der Waals surface area contributed by atoms with Crippen molar-refractivity contribution < 1.29 is 9.47 Å². The van der Waals surface area contributed by atoms with Gasteiger partial charge >= 0.3 is 0 Å². The number of aliphatic imine (C=N–C) groups is 1. The number of methoxy groups -OCH3 is 1. The number of amidine groups is 1. The van der Waals surface area contributed by atoms with Gasteiger partial charge in [0.1, 0.15) is 12.4 Å². The molecule has 0 aromatic rings. The molecular formula is C8H18N2O2. The van der Waals surface area contributed by atoms with Crippen LogP contribution >= 0.6 is 0 Å². The maximum Gasteiger partial charge on any atom is 0.120 e. The lowest BCUT2D eigenvalue weighted by Crippen LogP contribution is -2.19. The van der Waals surface area contributed by atoms with E-state index in [1.165, 1.54) is 0 Å². The van der Waals surface area contributed by atoms with Crippen LogP contribution in [0.2, 0.25) is 0 Å². The van der Waals surface area contributed by atoms with E-state index in [1.54, 1.807) is 14.2 Å². The van der Waals surface area contributed by atoms with Crippen molar-refractivity contribution in [2.45, 2.75) is 12.8 Å². The average Bonchev–Trinajstić information content (AvgIpc) is 2.10. The summed E-state index contributed by atoms with van der Waals surface area (Å²) >= 11 is 0. The van der Waals surface area contributed by atoms with E-state index in [0.717, 1.165) is 26.1 Å². The Morgan fingerprint density at radius 1 is 1.33 bits per heavy atom. The van der Waals surface area contributed by atoms with Gasteiger partial charge in [0.2, 0.25) is 0 Å². The van der Waals surface area contributed by atoms with Crippen molar-refractivity contribution in [3.8, 4) is 0 Å². The highest BCUT2D eigenvalue weighted by atomic mass is 16.5. The number of nitrogens with two attached hydrogens (primary N) is 1. The third-order valence-electron chi connectivity index (χ3n) is 1.42. The van der Waals surface area contributed by atoms with Gasteiger partial charge in [-0.1, -0.05) is 0 Å². The Kier molecular flexibility index (Phi) is 8.05. The Labute approximate surface area is 73.8 Å². The zero-order chi connectivity index (χ0) is 9.23. The van der Waals surface area contributed by atoms with Crippen LogP contribution in [0, 0.1) is 0 Å². The van der Waals surface area contributed by atoms with E-state index >= 15 is 0 Å². The van der Waals surface area contributed by atoms with E-state index in [0.29, 0.717) is 12.4 Å². The number of rotatable bonds is 7. The van der Waals surface area contributed by atoms with Crippen LogP contribution in [0.25, 0.3) is 0 Å². The van der Waals surface area contributed by atoms with Crippen LogP contribution in [0.4, 0.5) is 0 Å². The van der Waals surface area contributed by atoms with Gasteiger partial charge in [-0.2, -0.15) is 0 Å². The maximum absolute atomic E-state index is 5.41. The number of hydrogen-bond donors (Lipinski definition) is 1. The molecule has 0 saturated carbocycles. The van der Waals surface area contributed by atoms with Gasteiger partial charge in [-0.25, -0.2) is 0 Å². The molecule has 0 aliphatic rings. The van der Waals surface area contributed by atoms with E-state index in [9.17, 15) is 0 Å². The van der Waals surface area contributed by atoms with Crippen LogP contribution in [0.15, 0.2) is 4.99 Å². The quantitative estimate of drug-likeness (QED) is 0.345. The summed E-state index contributed by atoms with van der Waals surface area (Å²) in [5.74, 6) is 0.543. The van der Waals surface area contributed by atoms with Crippen molar-refractivity contribution in [1.29, 1.82) is 0 Å². The van der Waals surface area contributed by atoms with Gasteiger partial charge < -0.3 is 15.2 Å². The molecule has 0 aliphatic carbocycles. The van der Waals surface area contributed by atoms with Gasteiger partial charge in [-0.3, -0.25) is 4.99 Å². The summed E-state index contributed by atoms with van der Waals surface area (Å²) in [6, 6.07) is 0. The van der Waals surface area contributed by atoms with Gasteiger partial charge in [-0.15, -0.1) is 0 Å². The fourth-order valence-corrected chi connectivity index (χ4v) is 0.692. The fourth-order valence-electron chi connectivity index (χ4n) is 0.692.